The number of aliphatic carboxylic acids is 1. The Morgan fingerprint density at radius 2 is 1.84 bits per heavy atom. The van der Waals surface area contributed by atoms with Crippen LogP contribution < -0.4 is 0 Å². The Balaban J connectivity index is 1.71. The molecule has 0 aromatic rings. The second-order valence-corrected chi connectivity index (χ2v) is 6.53. The second-order valence-electron chi connectivity index (χ2n) is 6.53. The summed E-state index contributed by atoms with van der Waals surface area (Å²) in [6.07, 6.45) is 5.25. The molecule has 0 aromatic carbocycles. The molecule has 1 heterocycles. The van der Waals surface area contributed by atoms with Crippen LogP contribution in [-0.4, -0.2) is 35.0 Å². The summed E-state index contributed by atoms with van der Waals surface area (Å²) in [5.41, 5.74) is 0. The minimum absolute atomic E-state index is 0.0784. The van der Waals surface area contributed by atoms with E-state index in [1.54, 1.807) is 0 Å². The molecule has 108 valence electrons. The van der Waals surface area contributed by atoms with Crippen molar-refractivity contribution in [3.8, 4) is 0 Å². The van der Waals surface area contributed by atoms with Gasteiger partial charge in [-0.2, -0.15) is 0 Å². The van der Waals surface area contributed by atoms with Gasteiger partial charge in [0.05, 0.1) is 11.8 Å². The van der Waals surface area contributed by atoms with E-state index < -0.39 is 11.9 Å². The topological polar surface area (TPSA) is 57.6 Å². The number of rotatable bonds is 5. The number of piperidine rings is 1. The van der Waals surface area contributed by atoms with Crippen LogP contribution in [-0.2, 0) is 9.59 Å². The van der Waals surface area contributed by atoms with Crippen molar-refractivity contribution in [3.63, 3.8) is 0 Å². The molecule has 1 aliphatic heterocycles. The predicted molar refractivity (Wildman–Crippen MR) is 72.6 cm³/mol. The van der Waals surface area contributed by atoms with E-state index in [1.165, 1.54) is 12.8 Å². The fourth-order valence-corrected chi connectivity index (χ4v) is 2.99. The summed E-state index contributed by atoms with van der Waals surface area (Å²) in [4.78, 5) is 24.8. The summed E-state index contributed by atoms with van der Waals surface area (Å²) in [6, 6.07) is 0. The van der Waals surface area contributed by atoms with Crippen molar-refractivity contribution in [1.29, 1.82) is 0 Å². The van der Waals surface area contributed by atoms with E-state index in [4.69, 9.17) is 5.11 Å². The van der Waals surface area contributed by atoms with Crippen LogP contribution >= 0.6 is 0 Å². The number of hydrogen-bond acceptors (Lipinski definition) is 2. The van der Waals surface area contributed by atoms with Crippen LogP contribution in [0.4, 0.5) is 0 Å². The van der Waals surface area contributed by atoms with Gasteiger partial charge < -0.3 is 10.0 Å². The lowest BCUT2D eigenvalue weighted by Crippen LogP contribution is -2.39. The van der Waals surface area contributed by atoms with Gasteiger partial charge in [-0.3, -0.25) is 9.59 Å². The Morgan fingerprint density at radius 1 is 1.21 bits per heavy atom. The van der Waals surface area contributed by atoms with E-state index in [1.807, 2.05) is 4.90 Å². The summed E-state index contributed by atoms with van der Waals surface area (Å²) < 4.78 is 0. The molecule has 1 N–H and O–H groups in total. The van der Waals surface area contributed by atoms with E-state index >= 15 is 0 Å². The normalized spacial score (nSPS) is 27.6. The van der Waals surface area contributed by atoms with Crippen LogP contribution in [0.15, 0.2) is 0 Å². The lowest BCUT2D eigenvalue weighted by Gasteiger charge is -2.32. The van der Waals surface area contributed by atoms with Crippen molar-refractivity contribution in [2.45, 2.75) is 46.0 Å². The number of hydrogen-bond donors (Lipinski definition) is 1. The highest BCUT2D eigenvalue weighted by Gasteiger charge is 2.49. The van der Waals surface area contributed by atoms with Crippen molar-refractivity contribution < 1.29 is 14.7 Å². The molecule has 2 rings (SSSR count). The minimum atomic E-state index is -0.815. The molecule has 2 atom stereocenters. The fourth-order valence-electron chi connectivity index (χ4n) is 2.99. The maximum Gasteiger partial charge on any atom is 0.307 e. The molecule has 1 saturated heterocycles. The second kappa shape index (κ2) is 5.93. The summed E-state index contributed by atoms with van der Waals surface area (Å²) >= 11 is 0. The van der Waals surface area contributed by atoms with Gasteiger partial charge in [-0.1, -0.05) is 26.7 Å². The van der Waals surface area contributed by atoms with Gasteiger partial charge in [-0.05, 0) is 31.1 Å². The van der Waals surface area contributed by atoms with Crippen molar-refractivity contribution in [2.75, 3.05) is 13.1 Å². The maximum atomic E-state index is 12.1. The Morgan fingerprint density at radius 3 is 2.32 bits per heavy atom. The van der Waals surface area contributed by atoms with E-state index in [-0.39, 0.29) is 11.8 Å². The molecule has 2 unspecified atom stereocenters. The van der Waals surface area contributed by atoms with Gasteiger partial charge in [0.2, 0.25) is 5.91 Å². The zero-order chi connectivity index (χ0) is 14.0. The number of nitrogens with zero attached hydrogens (tertiary/aromatic N) is 1. The molecule has 2 aliphatic rings. The fraction of sp³-hybridized carbons (Fsp3) is 0.867. The van der Waals surface area contributed by atoms with E-state index in [2.05, 4.69) is 13.8 Å². The average molecular weight is 267 g/mol. The third kappa shape index (κ3) is 3.71. The highest BCUT2D eigenvalue weighted by Crippen LogP contribution is 2.40. The van der Waals surface area contributed by atoms with Gasteiger partial charge in [0, 0.05) is 13.1 Å². The van der Waals surface area contributed by atoms with Crippen LogP contribution in [0.3, 0.4) is 0 Å². The van der Waals surface area contributed by atoms with Gasteiger partial charge in [-0.25, -0.2) is 0 Å². The Kier molecular flexibility index (Phi) is 4.48. The van der Waals surface area contributed by atoms with Crippen LogP contribution in [0, 0.1) is 23.7 Å². The molecular formula is C15H25NO3. The third-order valence-corrected chi connectivity index (χ3v) is 4.50. The molecule has 0 bridgehead atoms. The molecule has 0 spiro atoms. The minimum Gasteiger partial charge on any atom is -0.481 e. The summed E-state index contributed by atoms with van der Waals surface area (Å²) in [5, 5.41) is 8.86. The molecule has 0 radical (unpaired) electrons. The highest BCUT2D eigenvalue weighted by atomic mass is 16.4. The first-order valence-corrected chi connectivity index (χ1v) is 7.50. The summed E-state index contributed by atoms with van der Waals surface area (Å²) in [5.74, 6) is 0.124. The van der Waals surface area contributed by atoms with Gasteiger partial charge in [0.25, 0.3) is 0 Å². The van der Waals surface area contributed by atoms with Gasteiger partial charge in [0.15, 0.2) is 0 Å². The average Bonchev–Trinajstić information content (AvgIpc) is 3.16. The van der Waals surface area contributed by atoms with E-state index in [0.717, 1.165) is 37.8 Å². The van der Waals surface area contributed by atoms with E-state index in [0.29, 0.717) is 6.42 Å². The quantitative estimate of drug-likeness (QED) is 0.832. The zero-order valence-corrected chi connectivity index (χ0v) is 12.0. The molecule has 19 heavy (non-hydrogen) atoms. The predicted octanol–water partition coefficient (Wildman–Crippen LogP) is 2.38. The number of likely N-dealkylation sites (tertiary alicyclic amines) is 1. The highest BCUT2D eigenvalue weighted by molar-refractivity contribution is 5.89. The molecule has 1 saturated carbocycles. The van der Waals surface area contributed by atoms with Gasteiger partial charge >= 0.3 is 5.97 Å². The van der Waals surface area contributed by atoms with E-state index in [9.17, 15) is 9.59 Å². The molecule has 4 nitrogen and oxygen atoms in total. The number of carbonyl (C=O) groups excluding carboxylic acids is 1. The molecule has 4 heteroatoms. The van der Waals surface area contributed by atoms with Crippen molar-refractivity contribution in [3.05, 3.63) is 0 Å². The molecule has 1 amide bonds. The van der Waals surface area contributed by atoms with Crippen LogP contribution in [0.5, 0.6) is 0 Å². The summed E-state index contributed by atoms with van der Waals surface area (Å²) in [7, 11) is 0. The van der Waals surface area contributed by atoms with Crippen LogP contribution in [0.25, 0.3) is 0 Å². The number of carbonyl (C=O) groups is 2. The number of carboxylic acids is 1. The summed E-state index contributed by atoms with van der Waals surface area (Å²) in [6.45, 7) is 6.14. The third-order valence-electron chi connectivity index (χ3n) is 4.50. The van der Waals surface area contributed by atoms with Crippen molar-refractivity contribution >= 4 is 11.9 Å². The van der Waals surface area contributed by atoms with Crippen LogP contribution in [0.2, 0.25) is 0 Å². The Labute approximate surface area is 115 Å². The number of amides is 1. The zero-order valence-electron chi connectivity index (χ0n) is 12.0. The van der Waals surface area contributed by atoms with Crippen molar-refractivity contribution in [1.82, 2.24) is 4.90 Å². The smallest absolute Gasteiger partial charge is 0.307 e. The molecule has 0 aromatic heterocycles. The number of carboxylic acid groups (broad SMARTS) is 1. The molecule has 2 fully saturated rings. The Hall–Kier alpha value is -1.06. The van der Waals surface area contributed by atoms with Gasteiger partial charge in [0.1, 0.15) is 0 Å². The largest absolute Gasteiger partial charge is 0.481 e. The molecular weight excluding hydrogens is 242 g/mol. The SMILES string of the molecule is CC(C)CCC1CCN(C(=O)C2CC2C(=O)O)CC1. The first-order valence-electron chi connectivity index (χ1n) is 7.50. The lowest BCUT2D eigenvalue weighted by atomic mass is 9.89. The lowest BCUT2D eigenvalue weighted by molar-refractivity contribution is -0.142. The standard InChI is InChI=1S/C15H25NO3/c1-10(2)3-4-11-5-7-16(8-6-11)14(17)12-9-13(12)15(18)19/h10-13H,3-9H2,1-2H3,(H,18,19). The maximum absolute atomic E-state index is 12.1. The molecule has 1 aliphatic carbocycles. The first kappa shape index (κ1) is 14.4. The first-order chi connectivity index (χ1) is 8.99. The monoisotopic (exact) mass is 267 g/mol. The van der Waals surface area contributed by atoms with Crippen LogP contribution in [0.1, 0.15) is 46.0 Å². The van der Waals surface area contributed by atoms with Crippen molar-refractivity contribution in [2.24, 2.45) is 23.7 Å². The Bertz CT molecular complexity index is 345. The van der Waals surface area contributed by atoms with Gasteiger partial charge in [-0.15, -0.1) is 0 Å².